The Hall–Kier alpha value is 0.348. The van der Waals surface area contributed by atoms with E-state index in [1.54, 1.807) is 0 Å². The van der Waals surface area contributed by atoms with Gasteiger partial charge in [0.05, 0.1) is 0 Å². The molecule has 0 unspecified atom stereocenters. The molecular weight excluding hydrogens is 170 g/mol. The van der Waals surface area contributed by atoms with E-state index in [0.717, 1.165) is 0 Å². The molecule has 1 radical (unpaired) electrons. The first-order valence-corrected chi connectivity index (χ1v) is 1.16. The molecule has 0 spiro atoms. The van der Waals surface area contributed by atoms with Crippen molar-refractivity contribution in [3.63, 3.8) is 0 Å². The van der Waals surface area contributed by atoms with E-state index in [0.29, 0.717) is 0 Å². The van der Waals surface area contributed by atoms with Crippen molar-refractivity contribution >= 4 is 7.12 Å². The molecule has 0 atom stereocenters. The third-order valence-corrected chi connectivity index (χ3v) is 0.183. The first-order valence-electron chi connectivity index (χ1n) is 1.16. The Kier molecular flexibility index (Phi) is 8.56. The maximum Gasteiger partial charge on any atom is 0.261 e. The minimum absolute atomic E-state index is 0. The normalized spacial score (nSPS) is 5.67. The summed E-state index contributed by atoms with van der Waals surface area (Å²) in [5, 5.41) is 15.5. The van der Waals surface area contributed by atoms with Gasteiger partial charge in [-0.05, 0) is 0 Å². The molecule has 0 aliphatic rings. The van der Waals surface area contributed by atoms with E-state index in [4.69, 9.17) is 10.0 Å². The predicted octanol–water partition coefficient (Wildman–Crippen LogP) is -1.01. The summed E-state index contributed by atoms with van der Waals surface area (Å²) in [4.78, 5) is 0. The van der Waals surface area contributed by atoms with Crippen molar-refractivity contribution in [2.45, 2.75) is 0 Å². The van der Waals surface area contributed by atoms with E-state index in [-0.39, 0.29) is 19.5 Å². The van der Waals surface area contributed by atoms with Gasteiger partial charge in [0, 0.05) is 19.5 Å². The molecular formula is C2H4BO2Rh-. The van der Waals surface area contributed by atoms with Gasteiger partial charge in [0.25, 0.3) is 7.12 Å². The maximum absolute atomic E-state index is 7.74. The van der Waals surface area contributed by atoms with Gasteiger partial charge in [-0.3, -0.25) is 6.58 Å². The van der Waals surface area contributed by atoms with Crippen molar-refractivity contribution < 1.29 is 29.5 Å². The third kappa shape index (κ3) is 8.84. The summed E-state index contributed by atoms with van der Waals surface area (Å²) in [5.74, 6) is 1.89. The second-order valence-electron chi connectivity index (χ2n) is 0.578. The standard InChI is InChI=1S/C2H4BO2.Rh/c1-2-3(4)5;/h4-5H,1H2;/q-1;. The number of rotatable bonds is 1. The zero-order chi connectivity index (χ0) is 4.28. The summed E-state index contributed by atoms with van der Waals surface area (Å²) in [6.45, 7) is 2.94. The third-order valence-electron chi connectivity index (χ3n) is 0.183. The van der Waals surface area contributed by atoms with Crippen LogP contribution >= 0.6 is 0 Å². The van der Waals surface area contributed by atoms with Gasteiger partial charge < -0.3 is 16.0 Å². The summed E-state index contributed by atoms with van der Waals surface area (Å²) in [6, 6.07) is 0. The van der Waals surface area contributed by atoms with Gasteiger partial charge in [-0.1, -0.05) is 0 Å². The summed E-state index contributed by atoms with van der Waals surface area (Å²) in [7, 11) is -1.48. The number of hydrogen-bond acceptors (Lipinski definition) is 2. The summed E-state index contributed by atoms with van der Waals surface area (Å²) < 4.78 is 0. The topological polar surface area (TPSA) is 40.5 Å². The molecule has 0 saturated heterocycles. The van der Waals surface area contributed by atoms with Crippen LogP contribution in [-0.2, 0) is 19.5 Å². The van der Waals surface area contributed by atoms with Crippen LogP contribution in [0.1, 0.15) is 0 Å². The van der Waals surface area contributed by atoms with Crippen molar-refractivity contribution in [2.24, 2.45) is 0 Å². The van der Waals surface area contributed by atoms with Gasteiger partial charge in [-0.25, -0.2) is 0 Å². The van der Waals surface area contributed by atoms with E-state index in [2.05, 4.69) is 6.58 Å². The molecule has 37 valence electrons. The first kappa shape index (κ1) is 9.60. The van der Waals surface area contributed by atoms with Crippen LogP contribution in [0.5, 0.6) is 0 Å². The summed E-state index contributed by atoms with van der Waals surface area (Å²) >= 11 is 0. The average Bonchev–Trinajstić information content (AvgIpc) is 1.38. The largest absolute Gasteiger partial charge is 0.470 e. The van der Waals surface area contributed by atoms with E-state index in [9.17, 15) is 0 Å². The summed E-state index contributed by atoms with van der Waals surface area (Å²) in [6.07, 6.45) is 0. The summed E-state index contributed by atoms with van der Waals surface area (Å²) in [5.41, 5.74) is 0. The van der Waals surface area contributed by atoms with Gasteiger partial charge >= 0.3 is 0 Å². The fourth-order valence-electron chi connectivity index (χ4n) is 0. The Morgan fingerprint density at radius 3 is 1.67 bits per heavy atom. The fourth-order valence-corrected chi connectivity index (χ4v) is 0. The zero-order valence-electron chi connectivity index (χ0n) is 3.01. The Labute approximate surface area is 49.8 Å². The Balaban J connectivity index is 0. The Bertz CT molecular complexity index is 38.5. The molecule has 0 aromatic heterocycles. The molecule has 0 aliphatic heterocycles. The zero-order valence-corrected chi connectivity index (χ0v) is 4.65. The minimum atomic E-state index is -1.48. The van der Waals surface area contributed by atoms with Gasteiger partial charge in [-0.2, -0.15) is 0 Å². The molecule has 2 N–H and O–H groups in total. The van der Waals surface area contributed by atoms with Gasteiger partial charge in [0.15, 0.2) is 0 Å². The molecule has 0 aliphatic carbocycles. The van der Waals surface area contributed by atoms with Gasteiger partial charge in [0.1, 0.15) is 0 Å². The Morgan fingerprint density at radius 2 is 1.67 bits per heavy atom. The second kappa shape index (κ2) is 5.35. The molecule has 0 fully saturated rings. The minimum Gasteiger partial charge on any atom is -0.470 e. The molecule has 0 aromatic carbocycles. The molecule has 0 amide bonds. The van der Waals surface area contributed by atoms with E-state index < -0.39 is 7.12 Å². The molecule has 6 heavy (non-hydrogen) atoms. The molecule has 2 nitrogen and oxygen atoms in total. The van der Waals surface area contributed by atoms with Gasteiger partial charge in [0.2, 0.25) is 0 Å². The van der Waals surface area contributed by atoms with Crippen LogP contribution in [0.2, 0.25) is 0 Å². The Morgan fingerprint density at radius 1 is 1.50 bits per heavy atom. The van der Waals surface area contributed by atoms with Crippen LogP contribution in [0.4, 0.5) is 0 Å². The van der Waals surface area contributed by atoms with Crippen LogP contribution in [0.25, 0.3) is 0 Å². The molecule has 4 heteroatoms. The van der Waals surface area contributed by atoms with E-state index in [1.807, 2.05) is 5.98 Å². The molecule has 0 rings (SSSR count). The van der Waals surface area contributed by atoms with Crippen molar-refractivity contribution in [1.82, 2.24) is 0 Å². The van der Waals surface area contributed by atoms with Crippen molar-refractivity contribution in [3.8, 4) is 0 Å². The molecule has 0 heterocycles. The van der Waals surface area contributed by atoms with Crippen molar-refractivity contribution in [2.75, 3.05) is 0 Å². The molecule has 0 bridgehead atoms. The smallest absolute Gasteiger partial charge is 0.261 e. The van der Waals surface area contributed by atoms with Crippen LogP contribution in [0.3, 0.4) is 0 Å². The van der Waals surface area contributed by atoms with E-state index in [1.165, 1.54) is 0 Å². The first-order chi connectivity index (χ1) is 2.27. The van der Waals surface area contributed by atoms with Gasteiger partial charge in [-0.15, -0.1) is 0 Å². The SMILES string of the molecule is C=[C-]B(O)O.[Rh]. The quantitative estimate of drug-likeness (QED) is 0.394. The second-order valence-corrected chi connectivity index (χ2v) is 0.578. The van der Waals surface area contributed by atoms with Crippen molar-refractivity contribution in [3.05, 3.63) is 12.6 Å². The van der Waals surface area contributed by atoms with E-state index >= 15 is 0 Å². The van der Waals surface area contributed by atoms with Crippen LogP contribution in [0, 0.1) is 5.98 Å². The van der Waals surface area contributed by atoms with Crippen LogP contribution < -0.4 is 0 Å². The fraction of sp³-hybridized carbons (Fsp3) is 0. The predicted molar refractivity (Wildman–Crippen MR) is 19.1 cm³/mol. The van der Waals surface area contributed by atoms with Crippen molar-refractivity contribution in [1.29, 1.82) is 0 Å². The molecule has 0 saturated carbocycles. The maximum atomic E-state index is 7.74. The monoisotopic (exact) mass is 174 g/mol. The van der Waals surface area contributed by atoms with Crippen LogP contribution in [0.15, 0.2) is 6.58 Å². The van der Waals surface area contributed by atoms with Crippen LogP contribution in [-0.4, -0.2) is 17.2 Å². The number of hydrogen-bond donors (Lipinski definition) is 2. The average molecular weight is 174 g/mol. The molecule has 0 aromatic rings.